The smallest absolute Gasteiger partial charge is 0.254 e. The molecule has 1 fully saturated rings. The monoisotopic (exact) mass is 508 g/mol. The van der Waals surface area contributed by atoms with Gasteiger partial charge >= 0.3 is 0 Å². The predicted molar refractivity (Wildman–Crippen MR) is 131 cm³/mol. The zero-order valence-electron chi connectivity index (χ0n) is 17.7. The standard InChI is InChI=1S/C22H22Cl2N4O2S2/c1-12-19-13(7-14(23)8-15(19)24)3-4-28(12)21(29)17-11-27(5-6-30-17)16-9-25-10-18-20(16)26-22(31-2)32-18/h7-10,12,17H,3-6,11H2,1-2H3/t12-,17+/m0/s1. The van der Waals surface area contributed by atoms with Crippen LogP contribution in [-0.2, 0) is 16.0 Å². The van der Waals surface area contributed by atoms with E-state index in [2.05, 4.69) is 9.88 Å². The number of morpholine rings is 1. The number of hydrogen-bond donors (Lipinski definition) is 0. The number of nitrogens with zero attached hydrogens (tertiary/aromatic N) is 4. The highest BCUT2D eigenvalue weighted by Crippen LogP contribution is 2.38. The minimum Gasteiger partial charge on any atom is -0.365 e. The van der Waals surface area contributed by atoms with Gasteiger partial charge in [-0.25, -0.2) is 4.98 Å². The number of thioether (sulfide) groups is 1. The first-order chi connectivity index (χ1) is 15.5. The summed E-state index contributed by atoms with van der Waals surface area (Å²) >= 11 is 15.9. The highest BCUT2D eigenvalue weighted by Gasteiger charge is 2.36. The second-order valence-corrected chi connectivity index (χ2v) is 10.8. The molecule has 0 unspecified atom stereocenters. The van der Waals surface area contributed by atoms with Gasteiger partial charge in [0.2, 0.25) is 0 Å². The number of amides is 1. The van der Waals surface area contributed by atoms with Crippen LogP contribution in [0.2, 0.25) is 10.0 Å². The van der Waals surface area contributed by atoms with Crippen LogP contribution in [0.3, 0.4) is 0 Å². The molecule has 0 saturated carbocycles. The highest BCUT2D eigenvalue weighted by atomic mass is 35.5. The number of carbonyl (C=O) groups excluding carboxylic acids is 1. The van der Waals surface area contributed by atoms with Crippen LogP contribution in [0.25, 0.3) is 10.2 Å². The van der Waals surface area contributed by atoms with E-state index >= 15 is 0 Å². The normalized spacial score (nSPS) is 21.1. The number of benzene rings is 1. The average molecular weight is 509 g/mol. The molecule has 2 aromatic heterocycles. The lowest BCUT2D eigenvalue weighted by Gasteiger charge is -2.40. The highest BCUT2D eigenvalue weighted by molar-refractivity contribution is 8.00. The fraction of sp³-hybridized carbons (Fsp3) is 0.409. The minimum atomic E-state index is -0.548. The first-order valence-corrected chi connectivity index (χ1v) is 13.2. The number of rotatable bonds is 3. The van der Waals surface area contributed by atoms with Crippen molar-refractivity contribution in [3.63, 3.8) is 0 Å². The molecule has 2 aliphatic rings. The van der Waals surface area contributed by atoms with Crippen molar-refractivity contribution < 1.29 is 9.53 Å². The van der Waals surface area contributed by atoms with Crippen molar-refractivity contribution in [2.45, 2.75) is 29.8 Å². The Labute approximate surface area is 204 Å². The third-order valence-corrected chi connectivity index (χ3v) is 8.60. The summed E-state index contributed by atoms with van der Waals surface area (Å²) in [5.74, 6) is -0.0120. The van der Waals surface area contributed by atoms with Crippen molar-refractivity contribution in [2.24, 2.45) is 0 Å². The van der Waals surface area contributed by atoms with Gasteiger partial charge < -0.3 is 14.5 Å². The predicted octanol–water partition coefficient (Wildman–Crippen LogP) is 5.07. The fourth-order valence-corrected chi connectivity index (χ4v) is 6.71. The SMILES string of the molecule is CSc1nc2c(N3CCO[C@@H](C(=O)N4CCc5cc(Cl)cc(Cl)c5[C@@H]4C)C3)cncc2s1. The van der Waals surface area contributed by atoms with E-state index in [4.69, 9.17) is 32.9 Å². The minimum absolute atomic E-state index is 0.0120. The Kier molecular flexibility index (Phi) is 6.24. The van der Waals surface area contributed by atoms with Gasteiger partial charge in [-0.2, -0.15) is 0 Å². The van der Waals surface area contributed by atoms with Gasteiger partial charge in [-0.3, -0.25) is 9.78 Å². The maximum absolute atomic E-state index is 13.5. The van der Waals surface area contributed by atoms with Gasteiger partial charge in [0.05, 0.1) is 35.8 Å². The Hall–Kier alpha value is -1.58. The molecule has 2 aliphatic heterocycles. The number of fused-ring (bicyclic) bond motifs is 2. The number of ether oxygens (including phenoxy) is 1. The van der Waals surface area contributed by atoms with Gasteiger partial charge in [0, 0.05) is 29.3 Å². The number of anilines is 1. The van der Waals surface area contributed by atoms with E-state index in [1.54, 1.807) is 29.2 Å². The summed E-state index contributed by atoms with van der Waals surface area (Å²) in [6.45, 7) is 4.26. The summed E-state index contributed by atoms with van der Waals surface area (Å²) in [6.07, 6.45) is 5.88. The van der Waals surface area contributed by atoms with Gasteiger partial charge in [-0.05, 0) is 42.9 Å². The zero-order valence-corrected chi connectivity index (χ0v) is 20.8. The topological polar surface area (TPSA) is 58.6 Å². The van der Waals surface area contributed by atoms with Gasteiger partial charge in [0.25, 0.3) is 5.91 Å². The molecular weight excluding hydrogens is 487 g/mol. The zero-order chi connectivity index (χ0) is 22.4. The van der Waals surface area contributed by atoms with E-state index in [0.717, 1.165) is 37.8 Å². The van der Waals surface area contributed by atoms with Crippen LogP contribution in [0.5, 0.6) is 0 Å². The van der Waals surface area contributed by atoms with Crippen molar-refractivity contribution in [3.8, 4) is 0 Å². The molecule has 0 radical (unpaired) electrons. The van der Waals surface area contributed by atoms with Crippen LogP contribution in [-0.4, -0.2) is 59.4 Å². The summed E-state index contributed by atoms with van der Waals surface area (Å²) < 4.78 is 8.00. The molecule has 4 heterocycles. The summed E-state index contributed by atoms with van der Waals surface area (Å²) in [4.78, 5) is 26.7. The summed E-state index contributed by atoms with van der Waals surface area (Å²) in [5.41, 5.74) is 3.97. The third-order valence-electron chi connectivity index (χ3n) is 6.09. The van der Waals surface area contributed by atoms with Crippen molar-refractivity contribution in [3.05, 3.63) is 45.7 Å². The number of thiazole rings is 1. The molecule has 0 aliphatic carbocycles. The quantitative estimate of drug-likeness (QED) is 0.460. The number of aromatic nitrogens is 2. The Morgan fingerprint density at radius 2 is 2.12 bits per heavy atom. The third kappa shape index (κ3) is 3.96. The fourth-order valence-electron chi connectivity index (χ4n) is 4.54. The van der Waals surface area contributed by atoms with E-state index in [1.807, 2.05) is 36.5 Å². The molecule has 2 atom stereocenters. The molecule has 1 aromatic carbocycles. The van der Waals surface area contributed by atoms with Gasteiger partial charge in [-0.15, -0.1) is 11.3 Å². The molecule has 1 saturated heterocycles. The van der Waals surface area contributed by atoms with Crippen LogP contribution < -0.4 is 4.90 Å². The Bertz CT molecular complexity index is 1190. The number of halogens is 2. The van der Waals surface area contributed by atoms with Crippen molar-refractivity contribution in [2.75, 3.05) is 37.4 Å². The summed E-state index contributed by atoms with van der Waals surface area (Å²) in [7, 11) is 0. The Balaban J connectivity index is 1.38. The van der Waals surface area contributed by atoms with Crippen LogP contribution >= 0.6 is 46.3 Å². The van der Waals surface area contributed by atoms with Gasteiger partial charge in [0.1, 0.15) is 5.52 Å². The van der Waals surface area contributed by atoms with Crippen molar-refractivity contribution in [1.29, 1.82) is 0 Å². The molecule has 3 aromatic rings. The average Bonchev–Trinajstić information content (AvgIpc) is 3.22. The number of pyridine rings is 1. The van der Waals surface area contributed by atoms with Gasteiger partial charge in [0.15, 0.2) is 10.4 Å². The van der Waals surface area contributed by atoms with Crippen LogP contribution in [0.1, 0.15) is 24.1 Å². The lowest BCUT2D eigenvalue weighted by atomic mass is 9.93. The number of hydrogen-bond acceptors (Lipinski definition) is 7. The lowest BCUT2D eigenvalue weighted by molar-refractivity contribution is -0.147. The van der Waals surface area contributed by atoms with E-state index in [-0.39, 0.29) is 11.9 Å². The second-order valence-electron chi connectivity index (χ2n) is 7.91. The van der Waals surface area contributed by atoms with Gasteiger partial charge in [-0.1, -0.05) is 35.0 Å². The Morgan fingerprint density at radius 3 is 2.94 bits per heavy atom. The lowest BCUT2D eigenvalue weighted by Crippen LogP contribution is -2.53. The van der Waals surface area contributed by atoms with E-state index < -0.39 is 6.10 Å². The number of carbonyl (C=O) groups is 1. The molecule has 5 rings (SSSR count). The molecule has 168 valence electrons. The molecular formula is C22H22Cl2N4O2S2. The first kappa shape index (κ1) is 22.2. The first-order valence-electron chi connectivity index (χ1n) is 10.4. The molecule has 0 N–H and O–H groups in total. The van der Waals surface area contributed by atoms with Crippen LogP contribution in [0.15, 0.2) is 28.9 Å². The molecule has 1 amide bonds. The molecule has 0 bridgehead atoms. The molecule has 10 heteroatoms. The largest absolute Gasteiger partial charge is 0.365 e. The maximum atomic E-state index is 13.5. The molecule has 0 spiro atoms. The van der Waals surface area contributed by atoms with E-state index in [1.165, 1.54) is 0 Å². The molecule has 32 heavy (non-hydrogen) atoms. The maximum Gasteiger partial charge on any atom is 0.254 e. The van der Waals surface area contributed by atoms with E-state index in [0.29, 0.717) is 36.3 Å². The van der Waals surface area contributed by atoms with Crippen molar-refractivity contribution in [1.82, 2.24) is 14.9 Å². The van der Waals surface area contributed by atoms with Crippen molar-refractivity contribution >= 4 is 68.1 Å². The summed E-state index contributed by atoms with van der Waals surface area (Å²) in [6, 6.07) is 3.56. The molecule has 6 nitrogen and oxygen atoms in total. The Morgan fingerprint density at radius 1 is 1.28 bits per heavy atom. The second kappa shape index (κ2) is 8.99. The van der Waals surface area contributed by atoms with E-state index in [9.17, 15) is 4.79 Å². The van der Waals surface area contributed by atoms with Crippen LogP contribution in [0, 0.1) is 0 Å². The van der Waals surface area contributed by atoms with Crippen LogP contribution in [0.4, 0.5) is 5.69 Å². The summed E-state index contributed by atoms with van der Waals surface area (Å²) in [5, 5.41) is 1.23.